The molecule has 0 aliphatic rings. The van der Waals surface area contributed by atoms with Crippen molar-refractivity contribution in [2.75, 3.05) is 0 Å². The molecule has 13 heavy (non-hydrogen) atoms. The first-order valence-electron chi connectivity index (χ1n) is 3.50. The lowest BCUT2D eigenvalue weighted by Crippen LogP contribution is -2.03. The fourth-order valence-corrected chi connectivity index (χ4v) is 1.69. The highest BCUT2D eigenvalue weighted by Gasteiger charge is 2.13. The lowest BCUT2D eigenvalue weighted by Gasteiger charge is -2.03. The van der Waals surface area contributed by atoms with Crippen LogP contribution in [0.3, 0.4) is 0 Å². The summed E-state index contributed by atoms with van der Waals surface area (Å²) in [6.07, 6.45) is 0. The quantitative estimate of drug-likeness (QED) is 0.819. The van der Waals surface area contributed by atoms with E-state index in [9.17, 15) is 4.79 Å². The molecule has 0 radical (unpaired) electrons. The van der Waals surface area contributed by atoms with Crippen molar-refractivity contribution in [3.8, 4) is 6.07 Å². The summed E-state index contributed by atoms with van der Waals surface area (Å²) in [4.78, 5) is 10.7. The first-order chi connectivity index (χ1) is 6.06. The molecule has 0 aliphatic heterocycles. The van der Waals surface area contributed by atoms with Gasteiger partial charge in [-0.3, -0.25) is 0 Å². The van der Waals surface area contributed by atoms with Crippen LogP contribution in [0.4, 0.5) is 0 Å². The van der Waals surface area contributed by atoms with Gasteiger partial charge in [-0.05, 0) is 24.6 Å². The minimum atomic E-state index is -1.07. The van der Waals surface area contributed by atoms with Crippen molar-refractivity contribution in [2.24, 2.45) is 0 Å². The summed E-state index contributed by atoms with van der Waals surface area (Å²) >= 11 is 3.19. The van der Waals surface area contributed by atoms with Crippen molar-refractivity contribution in [2.45, 2.75) is 6.92 Å². The molecule has 0 heterocycles. The Balaban J connectivity index is 3.50. The second-order valence-electron chi connectivity index (χ2n) is 2.56. The Bertz CT molecular complexity index is 407. The Hall–Kier alpha value is -1.34. The predicted molar refractivity (Wildman–Crippen MR) is 50.6 cm³/mol. The molecule has 1 rings (SSSR count). The van der Waals surface area contributed by atoms with E-state index in [2.05, 4.69) is 15.9 Å². The highest BCUT2D eigenvalue weighted by Crippen LogP contribution is 2.20. The van der Waals surface area contributed by atoms with Crippen LogP contribution >= 0.6 is 15.9 Å². The van der Waals surface area contributed by atoms with Crippen LogP contribution in [0.1, 0.15) is 21.5 Å². The molecular formula is C9H6BrNO2. The van der Waals surface area contributed by atoms with Gasteiger partial charge in [0.15, 0.2) is 0 Å². The van der Waals surface area contributed by atoms with Crippen molar-refractivity contribution in [1.29, 1.82) is 5.26 Å². The molecule has 1 N–H and O–H groups in total. The van der Waals surface area contributed by atoms with E-state index in [0.29, 0.717) is 10.0 Å². The van der Waals surface area contributed by atoms with Gasteiger partial charge in [-0.1, -0.05) is 15.9 Å². The van der Waals surface area contributed by atoms with Crippen LogP contribution in [-0.2, 0) is 0 Å². The zero-order valence-corrected chi connectivity index (χ0v) is 8.42. The summed E-state index contributed by atoms with van der Waals surface area (Å²) in [5.41, 5.74) is 0.837. The number of nitrogens with zero attached hydrogens (tertiary/aromatic N) is 1. The number of benzene rings is 1. The van der Waals surface area contributed by atoms with Crippen LogP contribution in [0.25, 0.3) is 0 Å². The molecule has 3 nitrogen and oxygen atoms in total. The molecule has 0 spiro atoms. The molecule has 0 bridgehead atoms. The second-order valence-corrected chi connectivity index (χ2v) is 3.48. The van der Waals surface area contributed by atoms with E-state index in [1.807, 2.05) is 6.07 Å². The molecular weight excluding hydrogens is 234 g/mol. The van der Waals surface area contributed by atoms with Crippen molar-refractivity contribution in [3.63, 3.8) is 0 Å². The molecule has 1 aromatic carbocycles. The van der Waals surface area contributed by atoms with Crippen LogP contribution < -0.4 is 0 Å². The van der Waals surface area contributed by atoms with Crippen molar-refractivity contribution in [1.82, 2.24) is 0 Å². The number of carbonyl (C=O) groups is 1. The van der Waals surface area contributed by atoms with Crippen LogP contribution in [0, 0.1) is 18.3 Å². The molecule has 66 valence electrons. The molecule has 0 aromatic heterocycles. The Morgan fingerprint density at radius 3 is 2.69 bits per heavy atom. The van der Waals surface area contributed by atoms with Gasteiger partial charge in [0.1, 0.15) is 6.07 Å². The van der Waals surface area contributed by atoms with E-state index < -0.39 is 5.97 Å². The lowest BCUT2D eigenvalue weighted by molar-refractivity contribution is 0.0696. The largest absolute Gasteiger partial charge is 0.478 e. The van der Waals surface area contributed by atoms with Crippen LogP contribution in [-0.4, -0.2) is 11.1 Å². The Morgan fingerprint density at radius 2 is 2.23 bits per heavy atom. The number of carboxylic acids is 1. The fraction of sp³-hybridized carbons (Fsp3) is 0.111. The maximum atomic E-state index is 10.7. The molecule has 0 fully saturated rings. The van der Waals surface area contributed by atoms with Gasteiger partial charge in [0.2, 0.25) is 0 Å². The molecule has 4 heteroatoms. The van der Waals surface area contributed by atoms with Gasteiger partial charge in [0.05, 0.1) is 11.1 Å². The number of nitriles is 1. The third-order valence-corrected chi connectivity index (χ3v) is 2.09. The van der Waals surface area contributed by atoms with Gasteiger partial charge in [0, 0.05) is 4.47 Å². The number of halogens is 1. The Labute approximate surface area is 83.7 Å². The molecule has 0 saturated heterocycles. The van der Waals surface area contributed by atoms with Gasteiger partial charge in [-0.2, -0.15) is 5.26 Å². The maximum Gasteiger partial charge on any atom is 0.337 e. The van der Waals surface area contributed by atoms with Gasteiger partial charge < -0.3 is 5.11 Å². The first-order valence-corrected chi connectivity index (χ1v) is 4.29. The summed E-state index contributed by atoms with van der Waals surface area (Å²) in [5, 5.41) is 17.5. The highest BCUT2D eigenvalue weighted by atomic mass is 79.9. The van der Waals surface area contributed by atoms with Gasteiger partial charge >= 0.3 is 5.97 Å². The van der Waals surface area contributed by atoms with E-state index >= 15 is 0 Å². The van der Waals surface area contributed by atoms with Crippen LogP contribution in [0.2, 0.25) is 0 Å². The van der Waals surface area contributed by atoms with E-state index in [1.165, 1.54) is 6.07 Å². The Kier molecular flexibility index (Phi) is 2.69. The van der Waals surface area contributed by atoms with Crippen LogP contribution in [0.5, 0.6) is 0 Å². The average Bonchev–Trinajstić information content (AvgIpc) is 2.01. The summed E-state index contributed by atoms with van der Waals surface area (Å²) < 4.78 is 0.714. The van der Waals surface area contributed by atoms with Gasteiger partial charge in [-0.15, -0.1) is 0 Å². The second kappa shape index (κ2) is 3.58. The standard InChI is InChI=1S/C9H6BrNO2/c1-5-2-7(10)3-6(4-11)8(5)9(12)13/h2-3H,1H3,(H,12,13). The normalized spacial score (nSPS) is 9.31. The molecule has 1 aromatic rings. The van der Waals surface area contributed by atoms with Gasteiger partial charge in [0.25, 0.3) is 0 Å². The minimum Gasteiger partial charge on any atom is -0.478 e. The third kappa shape index (κ3) is 1.87. The predicted octanol–water partition coefficient (Wildman–Crippen LogP) is 2.33. The lowest BCUT2D eigenvalue weighted by atomic mass is 10.0. The summed E-state index contributed by atoms with van der Waals surface area (Å²) in [6, 6.07) is 5.02. The van der Waals surface area contributed by atoms with E-state index in [0.717, 1.165) is 0 Å². The highest BCUT2D eigenvalue weighted by molar-refractivity contribution is 9.10. The monoisotopic (exact) mass is 239 g/mol. The Morgan fingerprint density at radius 1 is 1.62 bits per heavy atom. The maximum absolute atomic E-state index is 10.7. The number of aromatic carboxylic acids is 1. The zero-order chi connectivity index (χ0) is 10.0. The van der Waals surface area contributed by atoms with Crippen molar-refractivity contribution < 1.29 is 9.90 Å². The van der Waals surface area contributed by atoms with Crippen LogP contribution in [0.15, 0.2) is 16.6 Å². The first kappa shape index (κ1) is 9.75. The molecule has 0 amide bonds. The number of aryl methyl sites for hydroxylation is 1. The molecule has 0 aliphatic carbocycles. The fourth-order valence-electron chi connectivity index (χ4n) is 1.12. The topological polar surface area (TPSA) is 61.1 Å². The third-order valence-electron chi connectivity index (χ3n) is 1.63. The van der Waals surface area contributed by atoms with E-state index in [4.69, 9.17) is 10.4 Å². The SMILES string of the molecule is Cc1cc(Br)cc(C#N)c1C(=O)O. The molecule has 0 unspecified atom stereocenters. The number of rotatable bonds is 1. The number of hydrogen-bond donors (Lipinski definition) is 1. The summed E-state index contributed by atoms with van der Waals surface area (Å²) in [6.45, 7) is 1.66. The van der Waals surface area contributed by atoms with E-state index in [1.54, 1.807) is 13.0 Å². The summed E-state index contributed by atoms with van der Waals surface area (Å²) in [7, 11) is 0. The average molecular weight is 240 g/mol. The summed E-state index contributed by atoms with van der Waals surface area (Å²) in [5.74, 6) is -1.07. The van der Waals surface area contributed by atoms with E-state index in [-0.39, 0.29) is 11.1 Å². The molecule has 0 atom stereocenters. The number of carboxylic acid groups (broad SMARTS) is 1. The number of hydrogen-bond acceptors (Lipinski definition) is 2. The smallest absolute Gasteiger partial charge is 0.337 e. The zero-order valence-electron chi connectivity index (χ0n) is 6.84. The van der Waals surface area contributed by atoms with Crippen molar-refractivity contribution in [3.05, 3.63) is 33.3 Å². The minimum absolute atomic E-state index is 0.0747. The molecule has 0 saturated carbocycles. The van der Waals surface area contributed by atoms with Crippen molar-refractivity contribution >= 4 is 21.9 Å². The van der Waals surface area contributed by atoms with Gasteiger partial charge in [-0.25, -0.2) is 4.79 Å².